The molecule has 0 atom stereocenters. The summed E-state index contributed by atoms with van der Waals surface area (Å²) in [5.41, 5.74) is 2.42. The van der Waals surface area contributed by atoms with Gasteiger partial charge in [0.15, 0.2) is 0 Å². The third kappa shape index (κ3) is 5.04. The van der Waals surface area contributed by atoms with Crippen molar-refractivity contribution in [2.75, 3.05) is 0 Å². The van der Waals surface area contributed by atoms with E-state index in [4.69, 9.17) is 0 Å². The van der Waals surface area contributed by atoms with Crippen molar-refractivity contribution in [1.82, 2.24) is 24.9 Å². The van der Waals surface area contributed by atoms with E-state index in [-0.39, 0.29) is 12.4 Å². The maximum absolute atomic E-state index is 4.35. The van der Waals surface area contributed by atoms with E-state index >= 15 is 0 Å². The summed E-state index contributed by atoms with van der Waals surface area (Å²) in [4.78, 5) is 0. The highest BCUT2D eigenvalue weighted by atomic mass is 35.5. The molecule has 2 aromatic rings. The second kappa shape index (κ2) is 7.31. The normalized spacial score (nSPS) is 10.7. The standard InChI is InChI=1S/C13H21N5.ClH/c1-11(2)8-18-10-13(7-16-18)5-14-4-12-6-15-17(3)9-12;/h6-7,9-11,14H,4-5,8H2,1-3H3;1H. The molecule has 0 radical (unpaired) electrons. The van der Waals surface area contributed by atoms with Crippen molar-refractivity contribution >= 4 is 12.4 Å². The molecule has 0 aliphatic carbocycles. The van der Waals surface area contributed by atoms with E-state index in [9.17, 15) is 0 Å². The van der Waals surface area contributed by atoms with Crippen LogP contribution in [-0.4, -0.2) is 19.6 Å². The summed E-state index contributed by atoms with van der Waals surface area (Å²) in [5.74, 6) is 0.626. The molecule has 1 N–H and O–H groups in total. The maximum atomic E-state index is 4.35. The molecule has 0 aliphatic heterocycles. The molecule has 0 aliphatic rings. The molecule has 0 aromatic carbocycles. The summed E-state index contributed by atoms with van der Waals surface area (Å²) >= 11 is 0. The zero-order valence-electron chi connectivity index (χ0n) is 11.7. The number of aryl methyl sites for hydroxylation is 1. The molecule has 106 valence electrons. The van der Waals surface area contributed by atoms with Gasteiger partial charge in [0.25, 0.3) is 0 Å². The van der Waals surface area contributed by atoms with Gasteiger partial charge in [-0.2, -0.15) is 10.2 Å². The second-order valence-electron chi connectivity index (χ2n) is 5.09. The van der Waals surface area contributed by atoms with Gasteiger partial charge in [0, 0.05) is 50.2 Å². The quantitative estimate of drug-likeness (QED) is 0.882. The molecule has 0 spiro atoms. The smallest absolute Gasteiger partial charge is 0.0534 e. The molecular weight excluding hydrogens is 262 g/mol. The Balaban J connectivity index is 0.00000180. The summed E-state index contributed by atoms with van der Waals surface area (Å²) in [7, 11) is 1.93. The van der Waals surface area contributed by atoms with Crippen molar-refractivity contribution in [2.45, 2.75) is 33.5 Å². The van der Waals surface area contributed by atoms with Gasteiger partial charge in [0.2, 0.25) is 0 Å². The largest absolute Gasteiger partial charge is 0.308 e. The Bertz CT molecular complexity index is 489. The third-order valence-corrected chi connectivity index (χ3v) is 2.66. The average Bonchev–Trinajstić information content (AvgIpc) is 2.88. The Morgan fingerprint density at radius 2 is 1.74 bits per heavy atom. The van der Waals surface area contributed by atoms with Crippen LogP contribution < -0.4 is 5.32 Å². The minimum absolute atomic E-state index is 0. The predicted molar refractivity (Wildman–Crippen MR) is 78.1 cm³/mol. The number of halogens is 1. The average molecular weight is 284 g/mol. The van der Waals surface area contributed by atoms with Crippen LogP contribution in [0.3, 0.4) is 0 Å². The van der Waals surface area contributed by atoms with E-state index < -0.39 is 0 Å². The van der Waals surface area contributed by atoms with Crippen molar-refractivity contribution in [3.05, 3.63) is 35.9 Å². The number of aromatic nitrogens is 4. The van der Waals surface area contributed by atoms with Gasteiger partial charge < -0.3 is 5.32 Å². The van der Waals surface area contributed by atoms with Crippen LogP contribution in [0.15, 0.2) is 24.8 Å². The highest BCUT2D eigenvalue weighted by Crippen LogP contribution is 2.02. The fourth-order valence-electron chi connectivity index (χ4n) is 1.89. The Morgan fingerprint density at radius 1 is 1.11 bits per heavy atom. The Morgan fingerprint density at radius 3 is 2.32 bits per heavy atom. The number of rotatable bonds is 6. The first-order chi connectivity index (χ1) is 8.63. The summed E-state index contributed by atoms with van der Waals surface area (Å²) in [6.45, 7) is 7.04. The number of nitrogens with one attached hydrogen (secondary N) is 1. The highest BCUT2D eigenvalue weighted by molar-refractivity contribution is 5.85. The summed E-state index contributed by atoms with van der Waals surface area (Å²) in [6.07, 6.45) is 7.94. The number of hydrogen-bond donors (Lipinski definition) is 1. The van der Waals surface area contributed by atoms with Crippen LogP contribution >= 0.6 is 12.4 Å². The molecule has 0 saturated heterocycles. The van der Waals surface area contributed by atoms with E-state index in [1.165, 1.54) is 11.1 Å². The molecule has 0 fully saturated rings. The zero-order chi connectivity index (χ0) is 13.0. The lowest BCUT2D eigenvalue weighted by atomic mass is 10.2. The highest BCUT2D eigenvalue weighted by Gasteiger charge is 2.01. The summed E-state index contributed by atoms with van der Waals surface area (Å²) in [5, 5.41) is 11.9. The number of hydrogen-bond acceptors (Lipinski definition) is 3. The third-order valence-electron chi connectivity index (χ3n) is 2.66. The van der Waals surface area contributed by atoms with E-state index in [0.717, 1.165) is 19.6 Å². The molecular formula is C13H22ClN5. The molecule has 2 aromatic heterocycles. The fourth-order valence-corrected chi connectivity index (χ4v) is 1.89. The SMILES string of the molecule is CC(C)Cn1cc(CNCc2cnn(C)c2)cn1.Cl. The van der Waals surface area contributed by atoms with Crippen LogP contribution in [0.1, 0.15) is 25.0 Å². The molecule has 2 heterocycles. The monoisotopic (exact) mass is 283 g/mol. The lowest BCUT2D eigenvalue weighted by Gasteiger charge is -2.03. The molecule has 2 rings (SSSR count). The van der Waals surface area contributed by atoms with Gasteiger partial charge in [-0.15, -0.1) is 12.4 Å². The van der Waals surface area contributed by atoms with Crippen LogP contribution in [0.4, 0.5) is 0 Å². The minimum Gasteiger partial charge on any atom is -0.308 e. The minimum atomic E-state index is 0. The molecule has 19 heavy (non-hydrogen) atoms. The van der Waals surface area contributed by atoms with Crippen LogP contribution in [-0.2, 0) is 26.7 Å². The van der Waals surface area contributed by atoms with E-state index in [1.54, 1.807) is 0 Å². The Kier molecular flexibility index (Phi) is 6.05. The fraction of sp³-hybridized carbons (Fsp3) is 0.538. The van der Waals surface area contributed by atoms with Crippen LogP contribution in [0.2, 0.25) is 0 Å². The van der Waals surface area contributed by atoms with Crippen LogP contribution in [0, 0.1) is 5.92 Å². The van der Waals surface area contributed by atoms with Crippen LogP contribution in [0.25, 0.3) is 0 Å². The first kappa shape index (κ1) is 15.7. The lowest BCUT2D eigenvalue weighted by Crippen LogP contribution is -2.12. The van der Waals surface area contributed by atoms with Crippen molar-refractivity contribution in [3.8, 4) is 0 Å². The molecule has 5 nitrogen and oxygen atoms in total. The van der Waals surface area contributed by atoms with E-state index in [0.29, 0.717) is 5.92 Å². The van der Waals surface area contributed by atoms with Gasteiger partial charge >= 0.3 is 0 Å². The summed E-state index contributed by atoms with van der Waals surface area (Å²) in [6, 6.07) is 0. The van der Waals surface area contributed by atoms with Crippen molar-refractivity contribution in [1.29, 1.82) is 0 Å². The topological polar surface area (TPSA) is 47.7 Å². The van der Waals surface area contributed by atoms with Gasteiger partial charge in [-0.3, -0.25) is 9.36 Å². The first-order valence-corrected chi connectivity index (χ1v) is 6.33. The molecule has 0 bridgehead atoms. The van der Waals surface area contributed by atoms with E-state index in [1.807, 2.05) is 35.0 Å². The van der Waals surface area contributed by atoms with E-state index in [2.05, 4.69) is 35.6 Å². The van der Waals surface area contributed by atoms with Crippen molar-refractivity contribution < 1.29 is 0 Å². The van der Waals surface area contributed by atoms with Gasteiger partial charge in [-0.05, 0) is 5.92 Å². The van der Waals surface area contributed by atoms with Gasteiger partial charge in [-0.25, -0.2) is 0 Å². The van der Waals surface area contributed by atoms with Crippen molar-refractivity contribution in [2.24, 2.45) is 13.0 Å². The second-order valence-corrected chi connectivity index (χ2v) is 5.09. The summed E-state index contributed by atoms with van der Waals surface area (Å²) < 4.78 is 3.82. The van der Waals surface area contributed by atoms with Gasteiger partial charge in [0.05, 0.1) is 12.4 Å². The lowest BCUT2D eigenvalue weighted by molar-refractivity contribution is 0.482. The molecule has 0 unspecified atom stereocenters. The van der Waals surface area contributed by atoms with Gasteiger partial charge in [-0.1, -0.05) is 13.8 Å². The first-order valence-electron chi connectivity index (χ1n) is 6.33. The van der Waals surface area contributed by atoms with Crippen molar-refractivity contribution in [3.63, 3.8) is 0 Å². The zero-order valence-corrected chi connectivity index (χ0v) is 12.5. The van der Waals surface area contributed by atoms with Crippen LogP contribution in [0.5, 0.6) is 0 Å². The Hall–Kier alpha value is -1.33. The molecule has 6 heteroatoms. The number of nitrogens with zero attached hydrogens (tertiary/aromatic N) is 4. The predicted octanol–water partition coefficient (Wildman–Crippen LogP) is 1.98. The molecule has 0 amide bonds. The molecule has 0 saturated carbocycles. The maximum Gasteiger partial charge on any atom is 0.0534 e. The Labute approximate surface area is 120 Å². The van der Waals surface area contributed by atoms with Gasteiger partial charge in [0.1, 0.15) is 0 Å².